The highest BCUT2D eigenvalue weighted by Crippen LogP contribution is 2.19. The first-order valence-corrected chi connectivity index (χ1v) is 8.47. The van der Waals surface area contributed by atoms with E-state index in [0.29, 0.717) is 35.4 Å². The average molecular weight is 350 g/mol. The first-order valence-electron chi connectivity index (χ1n) is 8.09. The molecule has 1 aromatic carbocycles. The molecule has 0 spiro atoms. The molecule has 2 aromatic rings. The predicted molar refractivity (Wildman–Crippen MR) is 88.9 cm³/mol. The van der Waals surface area contributed by atoms with Gasteiger partial charge in [0.05, 0.1) is 6.61 Å². The fourth-order valence-electron chi connectivity index (χ4n) is 2.64. The van der Waals surface area contributed by atoms with E-state index in [0.717, 1.165) is 31.6 Å². The number of carbonyl (C=O) groups is 1. The SMILES string of the molecule is O=C(CCC1CCOC1)c1cc(COCc2ccc(Cl)cc2)on1. The fraction of sp³-hybridized carbons (Fsp3) is 0.444. The van der Waals surface area contributed by atoms with Gasteiger partial charge in [0.1, 0.15) is 12.3 Å². The van der Waals surface area contributed by atoms with Crippen molar-refractivity contribution in [2.45, 2.75) is 32.5 Å². The molecule has 128 valence electrons. The van der Waals surface area contributed by atoms with Crippen molar-refractivity contribution in [2.24, 2.45) is 5.92 Å². The second kappa shape index (κ2) is 8.42. The van der Waals surface area contributed by atoms with Gasteiger partial charge in [0.2, 0.25) is 0 Å². The molecule has 6 heteroatoms. The van der Waals surface area contributed by atoms with Crippen LogP contribution in [0.1, 0.15) is 41.1 Å². The fourth-order valence-corrected chi connectivity index (χ4v) is 2.76. The third-order valence-electron chi connectivity index (χ3n) is 4.07. The van der Waals surface area contributed by atoms with Crippen LogP contribution in [-0.4, -0.2) is 24.2 Å². The van der Waals surface area contributed by atoms with Crippen molar-refractivity contribution in [3.63, 3.8) is 0 Å². The summed E-state index contributed by atoms with van der Waals surface area (Å²) in [7, 11) is 0. The smallest absolute Gasteiger partial charge is 0.184 e. The molecule has 0 bridgehead atoms. The predicted octanol–water partition coefficient (Wildman–Crippen LogP) is 4.04. The lowest BCUT2D eigenvalue weighted by molar-refractivity contribution is 0.0879. The normalized spacial score (nSPS) is 17.3. The van der Waals surface area contributed by atoms with Crippen molar-refractivity contribution in [1.82, 2.24) is 5.16 Å². The molecule has 1 unspecified atom stereocenters. The summed E-state index contributed by atoms with van der Waals surface area (Å²) >= 11 is 5.84. The molecule has 0 radical (unpaired) electrons. The van der Waals surface area contributed by atoms with E-state index in [1.165, 1.54) is 0 Å². The van der Waals surface area contributed by atoms with Crippen molar-refractivity contribution < 1.29 is 18.8 Å². The lowest BCUT2D eigenvalue weighted by Crippen LogP contribution is -2.05. The molecule has 1 aromatic heterocycles. The van der Waals surface area contributed by atoms with Gasteiger partial charge in [-0.05, 0) is 36.5 Å². The van der Waals surface area contributed by atoms with Crippen molar-refractivity contribution in [3.05, 3.63) is 52.4 Å². The molecule has 24 heavy (non-hydrogen) atoms. The summed E-state index contributed by atoms with van der Waals surface area (Å²) < 4.78 is 16.1. The number of hydrogen-bond donors (Lipinski definition) is 0. The van der Waals surface area contributed by atoms with Gasteiger partial charge in [0.15, 0.2) is 11.5 Å². The maximum atomic E-state index is 12.1. The van der Waals surface area contributed by atoms with E-state index in [4.69, 9.17) is 25.6 Å². The van der Waals surface area contributed by atoms with Crippen LogP contribution in [0, 0.1) is 5.92 Å². The Bertz CT molecular complexity index is 662. The molecular weight excluding hydrogens is 330 g/mol. The molecule has 3 rings (SSSR count). The Morgan fingerprint density at radius 2 is 2.12 bits per heavy atom. The third-order valence-corrected chi connectivity index (χ3v) is 4.33. The third kappa shape index (κ3) is 4.90. The minimum Gasteiger partial charge on any atom is -0.381 e. The molecule has 1 atom stereocenters. The van der Waals surface area contributed by atoms with Crippen LogP contribution < -0.4 is 0 Å². The molecule has 1 fully saturated rings. The van der Waals surface area contributed by atoms with E-state index in [-0.39, 0.29) is 12.4 Å². The van der Waals surface area contributed by atoms with Crippen LogP contribution >= 0.6 is 11.6 Å². The minimum absolute atomic E-state index is 0.00889. The van der Waals surface area contributed by atoms with E-state index >= 15 is 0 Å². The standard InChI is InChI=1S/C18H20ClNO4/c19-15-4-1-13(2-5-15)11-23-12-16-9-17(20-24-16)18(21)6-3-14-7-8-22-10-14/h1-2,4-5,9,14H,3,6-8,10-12H2. The van der Waals surface area contributed by atoms with Gasteiger partial charge >= 0.3 is 0 Å². The molecule has 0 amide bonds. The Hall–Kier alpha value is -1.69. The average Bonchev–Trinajstić information content (AvgIpc) is 3.26. The van der Waals surface area contributed by atoms with Crippen molar-refractivity contribution in [2.75, 3.05) is 13.2 Å². The summed E-state index contributed by atoms with van der Waals surface area (Å²) in [6.45, 7) is 2.29. The lowest BCUT2D eigenvalue weighted by atomic mass is 10.00. The van der Waals surface area contributed by atoms with Crippen LogP contribution in [0.5, 0.6) is 0 Å². The molecule has 0 aliphatic carbocycles. The molecule has 0 saturated carbocycles. The Kier molecular flexibility index (Phi) is 6.01. The van der Waals surface area contributed by atoms with E-state index in [9.17, 15) is 4.79 Å². The Labute approximate surface area is 145 Å². The number of rotatable bonds is 8. The summed E-state index contributed by atoms with van der Waals surface area (Å²) in [5.74, 6) is 1.05. The van der Waals surface area contributed by atoms with Gasteiger partial charge in [-0.3, -0.25) is 4.79 Å². The molecule has 1 aliphatic heterocycles. The van der Waals surface area contributed by atoms with Gasteiger partial charge in [0, 0.05) is 30.7 Å². The van der Waals surface area contributed by atoms with Crippen molar-refractivity contribution in [1.29, 1.82) is 0 Å². The highest BCUT2D eigenvalue weighted by molar-refractivity contribution is 6.30. The van der Waals surface area contributed by atoms with Crippen molar-refractivity contribution >= 4 is 17.4 Å². The highest BCUT2D eigenvalue weighted by Gasteiger charge is 2.19. The Balaban J connectivity index is 1.42. The molecule has 1 saturated heterocycles. The lowest BCUT2D eigenvalue weighted by Gasteiger charge is -2.04. The topological polar surface area (TPSA) is 61.6 Å². The molecular formula is C18H20ClNO4. The zero-order chi connectivity index (χ0) is 16.8. The zero-order valence-electron chi connectivity index (χ0n) is 13.4. The number of carbonyl (C=O) groups excluding carboxylic acids is 1. The minimum atomic E-state index is 0.00889. The summed E-state index contributed by atoms with van der Waals surface area (Å²) in [5, 5.41) is 4.54. The zero-order valence-corrected chi connectivity index (χ0v) is 14.1. The molecule has 1 aliphatic rings. The Morgan fingerprint density at radius 1 is 1.29 bits per heavy atom. The first-order chi connectivity index (χ1) is 11.7. The quantitative estimate of drug-likeness (QED) is 0.673. The molecule has 2 heterocycles. The van der Waals surface area contributed by atoms with Crippen LogP contribution in [0.4, 0.5) is 0 Å². The van der Waals surface area contributed by atoms with Gasteiger partial charge in [-0.2, -0.15) is 0 Å². The summed E-state index contributed by atoms with van der Waals surface area (Å²) in [6.07, 6.45) is 2.36. The second-order valence-electron chi connectivity index (χ2n) is 5.99. The summed E-state index contributed by atoms with van der Waals surface area (Å²) in [5.41, 5.74) is 1.40. The second-order valence-corrected chi connectivity index (χ2v) is 6.43. The maximum absolute atomic E-state index is 12.1. The number of benzene rings is 1. The van der Waals surface area contributed by atoms with E-state index in [1.807, 2.05) is 24.3 Å². The number of aromatic nitrogens is 1. The Morgan fingerprint density at radius 3 is 2.88 bits per heavy atom. The van der Waals surface area contributed by atoms with Crippen molar-refractivity contribution in [3.8, 4) is 0 Å². The highest BCUT2D eigenvalue weighted by atomic mass is 35.5. The van der Waals surface area contributed by atoms with Gasteiger partial charge in [-0.25, -0.2) is 0 Å². The van der Waals surface area contributed by atoms with Crippen LogP contribution in [0.2, 0.25) is 5.02 Å². The maximum Gasteiger partial charge on any atom is 0.184 e. The van der Waals surface area contributed by atoms with Gasteiger partial charge in [0.25, 0.3) is 0 Å². The van der Waals surface area contributed by atoms with Crippen LogP contribution in [-0.2, 0) is 22.7 Å². The molecule has 0 N–H and O–H groups in total. The largest absolute Gasteiger partial charge is 0.381 e. The number of ketones is 1. The van der Waals surface area contributed by atoms with E-state index in [1.54, 1.807) is 6.07 Å². The number of halogens is 1. The van der Waals surface area contributed by atoms with Gasteiger partial charge in [-0.15, -0.1) is 0 Å². The number of nitrogens with zero attached hydrogens (tertiary/aromatic N) is 1. The van der Waals surface area contributed by atoms with Crippen LogP contribution in [0.25, 0.3) is 0 Å². The number of Topliss-reactive ketones (excluding diaryl/α,β-unsaturated/α-hetero) is 1. The van der Waals surface area contributed by atoms with E-state index < -0.39 is 0 Å². The van der Waals surface area contributed by atoms with Gasteiger partial charge in [-0.1, -0.05) is 28.9 Å². The van der Waals surface area contributed by atoms with Gasteiger partial charge < -0.3 is 14.0 Å². The number of ether oxygens (including phenoxy) is 2. The summed E-state index contributed by atoms with van der Waals surface area (Å²) in [4.78, 5) is 12.1. The number of hydrogen-bond acceptors (Lipinski definition) is 5. The first kappa shape index (κ1) is 17.1. The van der Waals surface area contributed by atoms with E-state index in [2.05, 4.69) is 5.16 Å². The molecule has 5 nitrogen and oxygen atoms in total. The van der Waals surface area contributed by atoms with Crippen LogP contribution in [0.15, 0.2) is 34.9 Å². The van der Waals surface area contributed by atoms with Crippen LogP contribution in [0.3, 0.4) is 0 Å². The summed E-state index contributed by atoms with van der Waals surface area (Å²) in [6, 6.07) is 9.12. The monoisotopic (exact) mass is 349 g/mol.